The highest BCUT2D eigenvalue weighted by Crippen LogP contribution is 2.26. The highest BCUT2D eigenvalue weighted by atomic mass is 16.5. The Hall–Kier alpha value is -0.570. The van der Waals surface area contributed by atoms with E-state index in [1.54, 1.807) is 0 Å². The van der Waals surface area contributed by atoms with Crippen molar-refractivity contribution in [1.29, 1.82) is 0 Å². The number of ether oxygens (including phenoxy) is 1. The maximum atomic E-state index is 11.6. The third kappa shape index (κ3) is 4.52. The smallest absolute Gasteiger partial charge is 0.308 e. The first-order valence-corrected chi connectivity index (χ1v) is 6.42. The highest BCUT2D eigenvalue weighted by molar-refractivity contribution is 5.72. The Balaban J connectivity index is 2.54. The molecule has 3 heteroatoms. The molecule has 0 aliphatic heterocycles. The molecular formula is C13H25NO2. The summed E-state index contributed by atoms with van der Waals surface area (Å²) < 4.78 is 4.85. The summed E-state index contributed by atoms with van der Waals surface area (Å²) in [5, 5.41) is 0. The number of carbonyl (C=O) groups excluding carboxylic acids is 1. The van der Waals surface area contributed by atoms with Crippen LogP contribution in [0.25, 0.3) is 0 Å². The molecule has 2 atom stereocenters. The topological polar surface area (TPSA) is 52.3 Å². The first-order chi connectivity index (χ1) is 7.55. The van der Waals surface area contributed by atoms with Crippen LogP contribution in [-0.4, -0.2) is 18.6 Å². The summed E-state index contributed by atoms with van der Waals surface area (Å²) >= 11 is 0. The normalized spacial score (nSPS) is 33.1. The van der Waals surface area contributed by atoms with E-state index in [2.05, 4.69) is 6.92 Å². The summed E-state index contributed by atoms with van der Waals surface area (Å²) in [6, 6.07) is 0. The van der Waals surface area contributed by atoms with Gasteiger partial charge in [0.25, 0.3) is 0 Å². The summed E-state index contributed by atoms with van der Waals surface area (Å²) in [7, 11) is 1.48. The van der Waals surface area contributed by atoms with Gasteiger partial charge in [-0.25, -0.2) is 0 Å². The molecule has 2 unspecified atom stereocenters. The molecule has 0 bridgehead atoms. The molecule has 0 radical (unpaired) electrons. The molecule has 1 aliphatic carbocycles. The van der Waals surface area contributed by atoms with Crippen LogP contribution in [0.15, 0.2) is 0 Å². The molecule has 16 heavy (non-hydrogen) atoms. The van der Waals surface area contributed by atoms with Crippen LogP contribution in [-0.2, 0) is 9.53 Å². The molecule has 0 saturated heterocycles. The second-order valence-electron chi connectivity index (χ2n) is 5.37. The Bertz CT molecular complexity index is 226. The number of hydrogen-bond donors (Lipinski definition) is 1. The lowest BCUT2D eigenvalue weighted by Gasteiger charge is -2.27. The van der Waals surface area contributed by atoms with Crippen molar-refractivity contribution in [2.24, 2.45) is 11.7 Å². The van der Waals surface area contributed by atoms with E-state index >= 15 is 0 Å². The van der Waals surface area contributed by atoms with Crippen molar-refractivity contribution in [3.8, 4) is 0 Å². The van der Waals surface area contributed by atoms with Crippen LogP contribution < -0.4 is 5.73 Å². The van der Waals surface area contributed by atoms with E-state index < -0.39 is 0 Å². The van der Waals surface area contributed by atoms with E-state index in [1.807, 2.05) is 0 Å². The van der Waals surface area contributed by atoms with Crippen LogP contribution in [0.2, 0.25) is 0 Å². The summed E-state index contributed by atoms with van der Waals surface area (Å²) in [4.78, 5) is 11.6. The minimum atomic E-state index is -0.108. The van der Waals surface area contributed by atoms with Crippen molar-refractivity contribution in [2.75, 3.05) is 7.11 Å². The van der Waals surface area contributed by atoms with Gasteiger partial charge in [0, 0.05) is 5.54 Å². The van der Waals surface area contributed by atoms with Crippen molar-refractivity contribution < 1.29 is 9.53 Å². The van der Waals surface area contributed by atoms with Gasteiger partial charge in [0.2, 0.25) is 0 Å². The molecule has 1 aliphatic rings. The van der Waals surface area contributed by atoms with Crippen molar-refractivity contribution in [2.45, 2.75) is 63.8 Å². The van der Waals surface area contributed by atoms with Crippen LogP contribution in [0.1, 0.15) is 58.3 Å². The Morgan fingerprint density at radius 2 is 1.88 bits per heavy atom. The Kier molecular flexibility index (Phi) is 5.26. The maximum absolute atomic E-state index is 11.6. The molecule has 3 nitrogen and oxygen atoms in total. The number of nitrogens with two attached hydrogens (primary N) is 1. The lowest BCUT2D eigenvalue weighted by atomic mass is 9.84. The van der Waals surface area contributed by atoms with E-state index in [-0.39, 0.29) is 17.4 Å². The van der Waals surface area contributed by atoms with Crippen molar-refractivity contribution >= 4 is 5.97 Å². The van der Waals surface area contributed by atoms with E-state index in [0.29, 0.717) is 0 Å². The minimum absolute atomic E-state index is 0.0589. The SMILES string of the molecule is COC(=O)C1CCCCCCC(C)(N)CC1. The quantitative estimate of drug-likeness (QED) is 0.701. The number of rotatable bonds is 1. The fraction of sp³-hybridized carbons (Fsp3) is 0.923. The molecule has 1 fully saturated rings. The lowest BCUT2D eigenvalue weighted by Crippen LogP contribution is -2.37. The fourth-order valence-electron chi connectivity index (χ4n) is 2.45. The average molecular weight is 227 g/mol. The van der Waals surface area contributed by atoms with Crippen LogP contribution >= 0.6 is 0 Å². The second kappa shape index (κ2) is 6.24. The zero-order chi connectivity index (χ0) is 12.0. The van der Waals surface area contributed by atoms with Crippen LogP contribution in [0.4, 0.5) is 0 Å². The van der Waals surface area contributed by atoms with Crippen LogP contribution in [0.5, 0.6) is 0 Å². The largest absolute Gasteiger partial charge is 0.469 e. The Morgan fingerprint density at radius 3 is 2.56 bits per heavy atom. The Morgan fingerprint density at radius 1 is 1.19 bits per heavy atom. The van der Waals surface area contributed by atoms with Crippen molar-refractivity contribution in [3.05, 3.63) is 0 Å². The lowest BCUT2D eigenvalue weighted by molar-refractivity contribution is -0.146. The zero-order valence-corrected chi connectivity index (χ0v) is 10.6. The molecule has 0 aromatic heterocycles. The minimum Gasteiger partial charge on any atom is -0.469 e. The maximum Gasteiger partial charge on any atom is 0.308 e. The third-order valence-electron chi connectivity index (χ3n) is 3.65. The number of esters is 1. The molecule has 1 rings (SSSR count). The van der Waals surface area contributed by atoms with E-state index in [9.17, 15) is 4.79 Å². The number of hydrogen-bond acceptors (Lipinski definition) is 3. The number of methoxy groups -OCH3 is 1. The van der Waals surface area contributed by atoms with Gasteiger partial charge in [-0.1, -0.05) is 25.7 Å². The summed E-state index contributed by atoms with van der Waals surface area (Å²) in [5.74, 6) is 0.00217. The zero-order valence-electron chi connectivity index (χ0n) is 10.6. The van der Waals surface area contributed by atoms with Gasteiger partial charge in [-0.15, -0.1) is 0 Å². The van der Waals surface area contributed by atoms with Gasteiger partial charge in [0.15, 0.2) is 0 Å². The van der Waals surface area contributed by atoms with Crippen LogP contribution in [0.3, 0.4) is 0 Å². The van der Waals surface area contributed by atoms with Crippen molar-refractivity contribution in [1.82, 2.24) is 0 Å². The monoisotopic (exact) mass is 227 g/mol. The van der Waals surface area contributed by atoms with E-state index in [4.69, 9.17) is 10.5 Å². The van der Waals surface area contributed by atoms with Gasteiger partial charge in [-0.2, -0.15) is 0 Å². The first kappa shape index (κ1) is 13.5. The molecule has 94 valence electrons. The fourth-order valence-corrected chi connectivity index (χ4v) is 2.45. The molecule has 2 N–H and O–H groups in total. The van der Waals surface area contributed by atoms with Crippen molar-refractivity contribution in [3.63, 3.8) is 0 Å². The highest BCUT2D eigenvalue weighted by Gasteiger charge is 2.25. The number of carbonyl (C=O) groups is 1. The summed E-state index contributed by atoms with van der Waals surface area (Å²) in [6.45, 7) is 2.10. The van der Waals surface area contributed by atoms with Gasteiger partial charge in [0.05, 0.1) is 13.0 Å². The van der Waals surface area contributed by atoms with Crippen LogP contribution in [0, 0.1) is 5.92 Å². The molecule has 0 aromatic rings. The molecule has 1 saturated carbocycles. The second-order valence-corrected chi connectivity index (χ2v) is 5.37. The molecule has 0 heterocycles. The van der Waals surface area contributed by atoms with Gasteiger partial charge in [0.1, 0.15) is 0 Å². The van der Waals surface area contributed by atoms with E-state index in [0.717, 1.165) is 32.1 Å². The third-order valence-corrected chi connectivity index (χ3v) is 3.65. The van der Waals surface area contributed by atoms with Gasteiger partial charge in [-0.05, 0) is 32.6 Å². The van der Waals surface area contributed by atoms with Gasteiger partial charge < -0.3 is 10.5 Å². The predicted molar refractivity (Wildman–Crippen MR) is 65.0 cm³/mol. The molecule has 0 spiro atoms. The first-order valence-electron chi connectivity index (χ1n) is 6.42. The molecule has 0 amide bonds. The summed E-state index contributed by atoms with van der Waals surface area (Å²) in [5.41, 5.74) is 6.11. The Labute approximate surface area is 98.7 Å². The van der Waals surface area contributed by atoms with Gasteiger partial charge in [-0.3, -0.25) is 4.79 Å². The predicted octanol–water partition coefficient (Wildman–Crippen LogP) is 2.63. The summed E-state index contributed by atoms with van der Waals surface area (Å²) in [6.07, 6.45) is 8.64. The van der Waals surface area contributed by atoms with E-state index in [1.165, 1.54) is 26.4 Å². The molecular weight excluding hydrogens is 202 g/mol. The standard InChI is InChI=1S/C13H25NO2/c1-13(14)9-6-4-3-5-7-11(8-10-13)12(15)16-2/h11H,3-10,14H2,1-2H3. The van der Waals surface area contributed by atoms with Gasteiger partial charge >= 0.3 is 5.97 Å². The molecule has 0 aromatic carbocycles. The average Bonchev–Trinajstić information content (AvgIpc) is 2.26.